The van der Waals surface area contributed by atoms with Gasteiger partial charge in [-0.2, -0.15) is 18.2 Å². The average molecular weight is 492 g/mol. The summed E-state index contributed by atoms with van der Waals surface area (Å²) in [5, 5.41) is 2.89. The van der Waals surface area contributed by atoms with Crippen LogP contribution < -0.4 is 10.1 Å². The number of thiazole rings is 1. The van der Waals surface area contributed by atoms with E-state index in [4.69, 9.17) is 4.74 Å². The number of nitrogens with zero attached hydrogens (tertiary/aromatic N) is 2. The first kappa shape index (κ1) is 24.2. The number of rotatable bonds is 5. The molecule has 0 aliphatic carbocycles. The first-order valence-corrected chi connectivity index (χ1v) is 11.7. The molecule has 2 aromatic carbocycles. The second kappa shape index (κ2) is 9.71. The fraction of sp³-hybridized carbons (Fsp3) is 0.375. The van der Waals surface area contributed by atoms with Crippen LogP contribution in [-0.2, 0) is 15.7 Å². The van der Waals surface area contributed by atoms with E-state index in [1.165, 1.54) is 23.5 Å². The minimum atomic E-state index is -4.57. The van der Waals surface area contributed by atoms with Gasteiger partial charge in [0.2, 0.25) is 5.91 Å². The molecule has 1 N–H and O–H groups in total. The zero-order valence-electron chi connectivity index (χ0n) is 18.7. The van der Waals surface area contributed by atoms with Gasteiger partial charge >= 0.3 is 6.18 Å². The number of benzene rings is 2. The summed E-state index contributed by atoms with van der Waals surface area (Å²) < 4.78 is 47.3. The minimum absolute atomic E-state index is 0.0188. The van der Waals surface area contributed by atoms with Crippen molar-refractivity contribution in [2.45, 2.75) is 45.0 Å². The Morgan fingerprint density at radius 2 is 2.06 bits per heavy atom. The number of aromatic nitrogens is 1. The summed E-state index contributed by atoms with van der Waals surface area (Å²) in [4.78, 5) is 30.1. The highest BCUT2D eigenvalue weighted by Crippen LogP contribution is 2.30. The van der Waals surface area contributed by atoms with E-state index < -0.39 is 23.7 Å². The van der Waals surface area contributed by atoms with Crippen LogP contribution in [-0.4, -0.2) is 35.6 Å². The van der Waals surface area contributed by atoms with Crippen molar-refractivity contribution in [2.75, 3.05) is 13.2 Å². The molecule has 0 bridgehead atoms. The van der Waals surface area contributed by atoms with E-state index >= 15 is 0 Å². The Hall–Kier alpha value is -2.98. The maximum absolute atomic E-state index is 13.1. The standard InChI is InChI=1S/C24H24F3N3O3S/c1-14-8-9-19-20(11-14)34-23(29-22(32)16-5-3-6-17(12-16)24(25,26)27)30(19)15(2)21(31)28-13-18-7-4-10-33-18/h3,5-6,8-9,11-12,15,18H,4,7,10,13H2,1-2H3,(H,28,31)/t15-,18+/m1/s1. The quantitative estimate of drug-likeness (QED) is 0.566. The molecule has 1 aromatic heterocycles. The molecule has 0 unspecified atom stereocenters. The van der Waals surface area contributed by atoms with Crippen LogP contribution in [0.2, 0.25) is 0 Å². The number of carbonyl (C=O) groups is 2. The molecule has 10 heteroatoms. The van der Waals surface area contributed by atoms with Gasteiger partial charge in [0, 0.05) is 18.7 Å². The molecular weight excluding hydrogens is 467 g/mol. The third-order valence-electron chi connectivity index (χ3n) is 5.71. The lowest BCUT2D eigenvalue weighted by Gasteiger charge is -2.17. The molecule has 2 atom stereocenters. The van der Waals surface area contributed by atoms with Crippen LogP contribution in [0.3, 0.4) is 0 Å². The SMILES string of the molecule is Cc1ccc2c(c1)sc(=NC(=O)c1cccc(C(F)(F)F)c1)n2[C@H](C)C(=O)NC[C@@H]1CCCO1. The van der Waals surface area contributed by atoms with Crippen LogP contribution >= 0.6 is 11.3 Å². The van der Waals surface area contributed by atoms with Crippen LogP contribution in [0.4, 0.5) is 13.2 Å². The summed E-state index contributed by atoms with van der Waals surface area (Å²) >= 11 is 1.21. The summed E-state index contributed by atoms with van der Waals surface area (Å²) in [7, 11) is 0. The number of ether oxygens (including phenoxy) is 1. The number of fused-ring (bicyclic) bond motifs is 1. The van der Waals surface area contributed by atoms with E-state index in [0.717, 1.165) is 35.2 Å². The van der Waals surface area contributed by atoms with Gasteiger partial charge in [0.15, 0.2) is 4.80 Å². The second-order valence-corrected chi connectivity index (χ2v) is 9.29. The van der Waals surface area contributed by atoms with Gasteiger partial charge in [0.1, 0.15) is 6.04 Å². The van der Waals surface area contributed by atoms with Gasteiger partial charge in [-0.15, -0.1) is 0 Å². The third kappa shape index (κ3) is 5.23. The molecule has 6 nitrogen and oxygen atoms in total. The smallest absolute Gasteiger partial charge is 0.376 e. The molecular formula is C24H24F3N3O3S. The first-order valence-electron chi connectivity index (χ1n) is 10.9. The Kier molecular flexibility index (Phi) is 6.90. The molecule has 34 heavy (non-hydrogen) atoms. The van der Waals surface area contributed by atoms with Crippen LogP contribution in [0.15, 0.2) is 47.5 Å². The van der Waals surface area contributed by atoms with Crippen molar-refractivity contribution in [3.8, 4) is 0 Å². The number of carbonyl (C=O) groups excluding carboxylic acids is 2. The zero-order chi connectivity index (χ0) is 24.5. The van der Waals surface area contributed by atoms with E-state index in [0.29, 0.717) is 18.7 Å². The normalized spacial score (nSPS) is 17.8. The zero-order valence-corrected chi connectivity index (χ0v) is 19.5. The van der Waals surface area contributed by atoms with Crippen molar-refractivity contribution >= 4 is 33.4 Å². The molecule has 180 valence electrons. The lowest BCUT2D eigenvalue weighted by atomic mass is 10.1. The van der Waals surface area contributed by atoms with Gasteiger partial charge < -0.3 is 14.6 Å². The van der Waals surface area contributed by atoms with Crippen LogP contribution in [0, 0.1) is 6.92 Å². The third-order valence-corrected chi connectivity index (χ3v) is 6.73. The van der Waals surface area contributed by atoms with E-state index in [2.05, 4.69) is 10.3 Å². The Labute approximate surface area is 198 Å². The highest BCUT2D eigenvalue weighted by atomic mass is 32.1. The number of hydrogen-bond donors (Lipinski definition) is 1. The van der Waals surface area contributed by atoms with Gasteiger partial charge in [0.05, 0.1) is 21.9 Å². The van der Waals surface area contributed by atoms with Crippen molar-refractivity contribution < 1.29 is 27.5 Å². The Bertz CT molecular complexity index is 1290. The van der Waals surface area contributed by atoms with E-state index in [1.807, 2.05) is 25.1 Å². The monoisotopic (exact) mass is 491 g/mol. The maximum Gasteiger partial charge on any atom is 0.416 e. The summed E-state index contributed by atoms with van der Waals surface area (Å²) in [6, 6.07) is 9.10. The number of nitrogens with one attached hydrogen (secondary N) is 1. The summed E-state index contributed by atoms with van der Waals surface area (Å²) in [5.41, 5.74) is 0.610. The highest BCUT2D eigenvalue weighted by molar-refractivity contribution is 7.16. The largest absolute Gasteiger partial charge is 0.416 e. The number of amides is 2. The molecule has 1 aliphatic heterocycles. The van der Waals surface area contributed by atoms with Crippen molar-refractivity contribution in [1.29, 1.82) is 0 Å². The first-order chi connectivity index (χ1) is 16.1. The van der Waals surface area contributed by atoms with Crippen LogP contribution in [0.1, 0.15) is 47.3 Å². The fourth-order valence-electron chi connectivity index (χ4n) is 3.87. The Morgan fingerprint density at radius 3 is 2.76 bits per heavy atom. The molecule has 1 aliphatic rings. The molecule has 2 heterocycles. The number of alkyl halides is 3. The summed E-state index contributed by atoms with van der Waals surface area (Å²) in [6.07, 6.45) is -2.75. The Morgan fingerprint density at radius 1 is 1.26 bits per heavy atom. The lowest BCUT2D eigenvalue weighted by molar-refractivity contribution is -0.137. The molecule has 2 amide bonds. The summed E-state index contributed by atoms with van der Waals surface area (Å²) in [6.45, 7) is 4.69. The van der Waals surface area contributed by atoms with Crippen LogP contribution in [0.5, 0.6) is 0 Å². The molecule has 3 aromatic rings. The van der Waals surface area contributed by atoms with Gasteiger partial charge in [-0.3, -0.25) is 9.59 Å². The molecule has 4 rings (SSSR count). The highest BCUT2D eigenvalue weighted by Gasteiger charge is 2.31. The van der Waals surface area contributed by atoms with Crippen molar-refractivity contribution in [3.05, 3.63) is 64.0 Å². The van der Waals surface area contributed by atoms with Gasteiger partial charge in [0.25, 0.3) is 5.91 Å². The molecule has 0 spiro atoms. The Balaban J connectivity index is 1.71. The number of hydrogen-bond acceptors (Lipinski definition) is 4. The minimum Gasteiger partial charge on any atom is -0.376 e. The van der Waals surface area contributed by atoms with Crippen molar-refractivity contribution in [1.82, 2.24) is 9.88 Å². The van der Waals surface area contributed by atoms with Gasteiger partial charge in [-0.25, -0.2) is 0 Å². The van der Waals surface area contributed by atoms with Crippen molar-refractivity contribution in [2.24, 2.45) is 4.99 Å². The lowest BCUT2D eigenvalue weighted by Crippen LogP contribution is -2.38. The van der Waals surface area contributed by atoms with Crippen molar-refractivity contribution in [3.63, 3.8) is 0 Å². The molecule has 1 fully saturated rings. The van der Waals surface area contributed by atoms with Gasteiger partial charge in [-0.05, 0) is 62.6 Å². The van der Waals surface area contributed by atoms with E-state index in [1.54, 1.807) is 11.5 Å². The second-order valence-electron chi connectivity index (χ2n) is 8.28. The topological polar surface area (TPSA) is 72.7 Å². The predicted octanol–water partition coefficient (Wildman–Crippen LogP) is 4.63. The number of aryl methyl sites for hydroxylation is 1. The fourth-order valence-corrected chi connectivity index (χ4v) is 5.06. The summed E-state index contributed by atoms with van der Waals surface area (Å²) in [5.74, 6) is -1.07. The number of halogens is 3. The molecule has 0 radical (unpaired) electrons. The predicted molar refractivity (Wildman–Crippen MR) is 123 cm³/mol. The maximum atomic E-state index is 13.1. The van der Waals surface area contributed by atoms with Gasteiger partial charge in [-0.1, -0.05) is 23.5 Å². The molecule has 0 saturated carbocycles. The van der Waals surface area contributed by atoms with E-state index in [-0.39, 0.29) is 22.4 Å². The molecule has 1 saturated heterocycles. The van der Waals surface area contributed by atoms with Crippen LogP contribution in [0.25, 0.3) is 10.2 Å². The average Bonchev–Trinajstić information content (AvgIpc) is 3.43. The van der Waals surface area contributed by atoms with E-state index in [9.17, 15) is 22.8 Å².